The standard InChI is InChI=1S/C17H25Br2NO/c1-3-13(20)8-12-9-15(18)17(16(19)10-12)21-14-6-4-11(2)5-7-14/h9-11,13-14H,3-8,20H2,1-2H3. The molecule has 118 valence electrons. The van der Waals surface area contributed by atoms with E-state index in [2.05, 4.69) is 57.8 Å². The van der Waals surface area contributed by atoms with Crippen molar-refractivity contribution < 1.29 is 4.74 Å². The van der Waals surface area contributed by atoms with Crippen LogP contribution in [0.25, 0.3) is 0 Å². The Balaban J connectivity index is 2.06. The number of nitrogens with two attached hydrogens (primary N) is 1. The highest BCUT2D eigenvalue weighted by Crippen LogP contribution is 2.38. The Kier molecular flexibility index (Phi) is 6.57. The van der Waals surface area contributed by atoms with Crippen LogP contribution in [0.5, 0.6) is 5.75 Å². The van der Waals surface area contributed by atoms with Crippen molar-refractivity contribution in [3.05, 3.63) is 26.6 Å². The molecule has 4 heteroatoms. The summed E-state index contributed by atoms with van der Waals surface area (Å²) in [5, 5.41) is 0. The van der Waals surface area contributed by atoms with Crippen molar-refractivity contribution in [2.75, 3.05) is 0 Å². The van der Waals surface area contributed by atoms with Crippen molar-refractivity contribution in [2.24, 2.45) is 11.7 Å². The number of hydrogen-bond donors (Lipinski definition) is 1. The molecule has 0 aromatic heterocycles. The van der Waals surface area contributed by atoms with Crippen LogP contribution in [0.15, 0.2) is 21.1 Å². The summed E-state index contributed by atoms with van der Waals surface area (Å²) in [6, 6.07) is 4.50. The van der Waals surface area contributed by atoms with Crippen molar-refractivity contribution in [1.82, 2.24) is 0 Å². The molecule has 2 nitrogen and oxygen atoms in total. The predicted molar refractivity (Wildman–Crippen MR) is 95.9 cm³/mol. The van der Waals surface area contributed by atoms with E-state index < -0.39 is 0 Å². The second kappa shape index (κ2) is 7.98. The number of halogens is 2. The molecule has 0 heterocycles. The maximum atomic E-state index is 6.23. The number of hydrogen-bond acceptors (Lipinski definition) is 2. The summed E-state index contributed by atoms with van der Waals surface area (Å²) < 4.78 is 8.27. The summed E-state index contributed by atoms with van der Waals surface area (Å²) in [5.74, 6) is 1.78. The van der Waals surface area contributed by atoms with Crippen molar-refractivity contribution >= 4 is 31.9 Å². The van der Waals surface area contributed by atoms with Crippen LogP contribution >= 0.6 is 31.9 Å². The third kappa shape index (κ3) is 4.97. The molecule has 1 aromatic carbocycles. The number of benzene rings is 1. The summed E-state index contributed by atoms with van der Waals surface area (Å²) in [6.07, 6.45) is 7.08. The predicted octanol–water partition coefficient (Wildman–Crippen LogP) is 5.45. The molecule has 2 N–H and O–H groups in total. The SMILES string of the molecule is CCC(N)Cc1cc(Br)c(OC2CCC(C)CC2)c(Br)c1. The van der Waals surface area contributed by atoms with Crippen molar-refractivity contribution in [1.29, 1.82) is 0 Å². The fraction of sp³-hybridized carbons (Fsp3) is 0.647. The summed E-state index contributed by atoms with van der Waals surface area (Å²) in [4.78, 5) is 0. The third-order valence-corrected chi connectivity index (χ3v) is 5.51. The Hall–Kier alpha value is -0.0600. The zero-order valence-electron chi connectivity index (χ0n) is 12.9. The van der Waals surface area contributed by atoms with Crippen LogP contribution < -0.4 is 10.5 Å². The molecule has 0 spiro atoms. The van der Waals surface area contributed by atoms with Gasteiger partial charge >= 0.3 is 0 Å². The lowest BCUT2D eigenvalue weighted by Gasteiger charge is -2.28. The fourth-order valence-corrected chi connectivity index (χ4v) is 4.27. The zero-order valence-corrected chi connectivity index (χ0v) is 16.0. The first-order valence-corrected chi connectivity index (χ1v) is 9.48. The van der Waals surface area contributed by atoms with E-state index >= 15 is 0 Å². The molecule has 0 aliphatic heterocycles. The molecule has 21 heavy (non-hydrogen) atoms. The van der Waals surface area contributed by atoms with E-state index in [-0.39, 0.29) is 6.04 Å². The normalized spacial score (nSPS) is 23.9. The van der Waals surface area contributed by atoms with Gasteiger partial charge in [-0.25, -0.2) is 0 Å². The molecule has 0 bridgehead atoms. The van der Waals surface area contributed by atoms with Gasteiger partial charge in [-0.05, 0) is 94.0 Å². The first-order chi connectivity index (χ1) is 9.99. The van der Waals surface area contributed by atoms with Crippen molar-refractivity contribution in [2.45, 2.75) is 64.5 Å². The van der Waals surface area contributed by atoms with Crippen LogP contribution in [0.4, 0.5) is 0 Å². The molecule has 2 rings (SSSR count). The lowest BCUT2D eigenvalue weighted by Crippen LogP contribution is -2.23. The van der Waals surface area contributed by atoms with Crippen molar-refractivity contribution in [3.63, 3.8) is 0 Å². The summed E-state index contributed by atoms with van der Waals surface area (Å²) in [7, 11) is 0. The van der Waals surface area contributed by atoms with Crippen LogP contribution in [0.1, 0.15) is 51.5 Å². The highest BCUT2D eigenvalue weighted by Gasteiger charge is 2.21. The van der Waals surface area contributed by atoms with Crippen LogP contribution in [0, 0.1) is 5.92 Å². The average molecular weight is 419 g/mol. The summed E-state index contributed by atoms with van der Waals surface area (Å²) in [6.45, 7) is 4.45. The molecule has 1 saturated carbocycles. The number of ether oxygens (including phenoxy) is 1. The molecule has 0 radical (unpaired) electrons. The molecule has 1 aliphatic carbocycles. The van der Waals surface area contributed by atoms with E-state index in [1.807, 2.05) is 0 Å². The van der Waals surface area contributed by atoms with Gasteiger partial charge in [-0.3, -0.25) is 0 Å². The largest absolute Gasteiger partial charge is 0.488 e. The highest BCUT2D eigenvalue weighted by molar-refractivity contribution is 9.11. The number of rotatable bonds is 5. The lowest BCUT2D eigenvalue weighted by molar-refractivity contribution is 0.134. The van der Waals surface area contributed by atoms with Gasteiger partial charge in [0.2, 0.25) is 0 Å². The molecule has 1 fully saturated rings. The van der Waals surface area contributed by atoms with Gasteiger partial charge in [0.25, 0.3) is 0 Å². The monoisotopic (exact) mass is 417 g/mol. The Morgan fingerprint density at radius 1 is 1.19 bits per heavy atom. The maximum Gasteiger partial charge on any atom is 0.148 e. The Morgan fingerprint density at radius 2 is 1.76 bits per heavy atom. The Morgan fingerprint density at radius 3 is 2.29 bits per heavy atom. The minimum absolute atomic E-state index is 0.218. The van der Waals surface area contributed by atoms with Gasteiger partial charge in [-0.2, -0.15) is 0 Å². The molecule has 1 aliphatic rings. The second-order valence-corrected chi connectivity index (χ2v) is 7.97. The fourth-order valence-electron chi connectivity index (χ4n) is 2.80. The molecule has 1 atom stereocenters. The molecule has 0 amide bonds. The van der Waals surface area contributed by atoms with E-state index in [1.165, 1.54) is 18.4 Å². The van der Waals surface area contributed by atoms with Crippen LogP contribution in [0.2, 0.25) is 0 Å². The quantitative estimate of drug-likeness (QED) is 0.689. The first kappa shape index (κ1) is 17.3. The van der Waals surface area contributed by atoms with Gasteiger partial charge in [0.15, 0.2) is 0 Å². The Bertz CT molecular complexity index is 447. The smallest absolute Gasteiger partial charge is 0.148 e. The lowest BCUT2D eigenvalue weighted by atomic mass is 9.89. The minimum atomic E-state index is 0.218. The van der Waals surface area contributed by atoms with E-state index in [1.54, 1.807) is 0 Å². The average Bonchev–Trinajstić information content (AvgIpc) is 2.44. The molecule has 1 unspecified atom stereocenters. The van der Waals surface area contributed by atoms with Crippen LogP contribution in [-0.2, 0) is 6.42 Å². The zero-order chi connectivity index (χ0) is 15.4. The molecular weight excluding hydrogens is 394 g/mol. The Labute approximate surface area is 145 Å². The maximum absolute atomic E-state index is 6.23. The van der Waals surface area contributed by atoms with Gasteiger partial charge in [-0.15, -0.1) is 0 Å². The van der Waals surface area contributed by atoms with Gasteiger partial charge < -0.3 is 10.5 Å². The molecule has 1 aromatic rings. The third-order valence-electron chi connectivity index (χ3n) is 4.33. The van der Waals surface area contributed by atoms with E-state index in [9.17, 15) is 0 Å². The van der Waals surface area contributed by atoms with Crippen LogP contribution in [0.3, 0.4) is 0 Å². The van der Waals surface area contributed by atoms with Crippen molar-refractivity contribution in [3.8, 4) is 5.75 Å². The minimum Gasteiger partial charge on any atom is -0.488 e. The second-order valence-electron chi connectivity index (χ2n) is 6.26. The van der Waals surface area contributed by atoms with E-state index in [0.29, 0.717) is 6.10 Å². The summed E-state index contributed by atoms with van der Waals surface area (Å²) in [5.41, 5.74) is 7.29. The van der Waals surface area contributed by atoms with Crippen LogP contribution in [-0.4, -0.2) is 12.1 Å². The van der Waals surface area contributed by atoms with E-state index in [4.69, 9.17) is 10.5 Å². The topological polar surface area (TPSA) is 35.2 Å². The van der Waals surface area contributed by atoms with Gasteiger partial charge in [0, 0.05) is 6.04 Å². The summed E-state index contributed by atoms with van der Waals surface area (Å²) >= 11 is 7.31. The van der Waals surface area contributed by atoms with Gasteiger partial charge in [0.05, 0.1) is 15.0 Å². The highest BCUT2D eigenvalue weighted by atomic mass is 79.9. The first-order valence-electron chi connectivity index (χ1n) is 7.89. The van der Waals surface area contributed by atoms with Gasteiger partial charge in [0.1, 0.15) is 5.75 Å². The molecule has 0 saturated heterocycles. The van der Waals surface area contributed by atoms with Gasteiger partial charge in [-0.1, -0.05) is 13.8 Å². The molecular formula is C17H25Br2NO. The van der Waals surface area contributed by atoms with E-state index in [0.717, 1.165) is 46.3 Å².